The second kappa shape index (κ2) is 3.32. The number of thiophene rings is 1. The van der Waals surface area contributed by atoms with Crippen LogP contribution in [0.25, 0.3) is 0 Å². The Balaban J connectivity index is 2.71. The summed E-state index contributed by atoms with van der Waals surface area (Å²) in [7, 11) is 0. The van der Waals surface area contributed by atoms with E-state index in [1.54, 1.807) is 0 Å². The van der Waals surface area contributed by atoms with Crippen molar-refractivity contribution < 1.29 is 0 Å². The quantitative estimate of drug-likeness (QED) is 0.482. The lowest BCUT2D eigenvalue weighted by atomic mass is 10.3. The van der Waals surface area contributed by atoms with Crippen LogP contribution in [0.15, 0.2) is 11.4 Å². The van der Waals surface area contributed by atoms with Crippen molar-refractivity contribution in [1.29, 1.82) is 5.26 Å². The number of nitriles is 1. The van der Waals surface area contributed by atoms with Gasteiger partial charge in [-0.3, -0.25) is 11.3 Å². The molecule has 0 aliphatic heterocycles. The Morgan fingerprint density at radius 1 is 1.80 bits per heavy atom. The summed E-state index contributed by atoms with van der Waals surface area (Å²) in [6, 6.07) is 3.87. The molecule has 0 aliphatic carbocycles. The fourth-order valence-corrected chi connectivity index (χ4v) is 1.39. The molecule has 0 spiro atoms. The monoisotopic (exact) mass is 153 g/mol. The molecule has 3 N–H and O–H groups in total. The number of nitrogens with two attached hydrogens (primary N) is 1. The molecule has 10 heavy (non-hydrogen) atoms. The van der Waals surface area contributed by atoms with Crippen molar-refractivity contribution in [1.82, 2.24) is 5.43 Å². The van der Waals surface area contributed by atoms with Crippen LogP contribution >= 0.6 is 11.3 Å². The van der Waals surface area contributed by atoms with Crippen LogP contribution in [0, 0.1) is 11.3 Å². The zero-order valence-electron chi connectivity index (χ0n) is 5.29. The maximum atomic E-state index is 8.42. The maximum Gasteiger partial charge on any atom is 0.100 e. The van der Waals surface area contributed by atoms with E-state index >= 15 is 0 Å². The summed E-state index contributed by atoms with van der Waals surface area (Å²) in [5.41, 5.74) is 3.23. The van der Waals surface area contributed by atoms with Crippen LogP contribution in [0.2, 0.25) is 0 Å². The minimum absolute atomic E-state index is 0.631. The van der Waals surface area contributed by atoms with E-state index in [1.807, 2.05) is 17.5 Å². The van der Waals surface area contributed by atoms with E-state index in [-0.39, 0.29) is 0 Å². The van der Waals surface area contributed by atoms with Gasteiger partial charge in [-0.1, -0.05) is 0 Å². The van der Waals surface area contributed by atoms with Gasteiger partial charge in [0.25, 0.3) is 0 Å². The minimum Gasteiger partial charge on any atom is -0.271 e. The number of nitrogens with zero attached hydrogens (tertiary/aromatic N) is 1. The molecule has 0 fully saturated rings. The third kappa shape index (κ3) is 1.54. The zero-order chi connectivity index (χ0) is 7.40. The highest BCUT2D eigenvalue weighted by Crippen LogP contribution is 2.12. The van der Waals surface area contributed by atoms with E-state index in [2.05, 4.69) is 5.43 Å². The van der Waals surface area contributed by atoms with Crippen LogP contribution in [0.3, 0.4) is 0 Å². The summed E-state index contributed by atoms with van der Waals surface area (Å²) in [6.45, 7) is 0.631. The first kappa shape index (κ1) is 7.22. The summed E-state index contributed by atoms with van der Waals surface area (Å²) >= 11 is 1.53. The smallest absolute Gasteiger partial charge is 0.100 e. The van der Waals surface area contributed by atoms with Gasteiger partial charge in [0.2, 0.25) is 0 Å². The van der Waals surface area contributed by atoms with E-state index in [1.165, 1.54) is 11.3 Å². The van der Waals surface area contributed by atoms with Gasteiger partial charge in [0.1, 0.15) is 6.07 Å². The molecule has 0 bridgehead atoms. The molecule has 1 aromatic heterocycles. The third-order valence-corrected chi connectivity index (χ3v) is 2.00. The highest BCUT2D eigenvalue weighted by molar-refractivity contribution is 7.10. The molecule has 1 rings (SSSR count). The second-order valence-corrected chi connectivity index (χ2v) is 2.79. The van der Waals surface area contributed by atoms with Crippen molar-refractivity contribution in [3.8, 4) is 6.07 Å². The Morgan fingerprint density at radius 2 is 2.60 bits per heavy atom. The number of nitrogens with one attached hydrogen (secondary N) is 1. The molecule has 1 aromatic rings. The maximum absolute atomic E-state index is 8.42. The van der Waals surface area contributed by atoms with Crippen molar-refractivity contribution >= 4 is 11.3 Å². The molecule has 0 amide bonds. The summed E-state index contributed by atoms with van der Waals surface area (Å²) < 4.78 is 0. The molecule has 3 nitrogen and oxygen atoms in total. The molecule has 0 unspecified atom stereocenters. The molecule has 52 valence electrons. The molecule has 0 saturated carbocycles. The Labute approximate surface area is 63.1 Å². The van der Waals surface area contributed by atoms with Crippen LogP contribution in [-0.4, -0.2) is 0 Å². The molecule has 4 heteroatoms. The lowest BCUT2D eigenvalue weighted by Gasteiger charge is -1.89. The first-order chi connectivity index (χ1) is 4.86. The highest BCUT2D eigenvalue weighted by atomic mass is 32.1. The van der Waals surface area contributed by atoms with Gasteiger partial charge in [0.05, 0.1) is 5.56 Å². The topological polar surface area (TPSA) is 61.8 Å². The van der Waals surface area contributed by atoms with Crippen LogP contribution in [0.5, 0.6) is 0 Å². The van der Waals surface area contributed by atoms with Crippen LogP contribution < -0.4 is 11.3 Å². The summed E-state index contributed by atoms with van der Waals surface area (Å²) in [4.78, 5) is 1.08. The van der Waals surface area contributed by atoms with Gasteiger partial charge < -0.3 is 0 Å². The molecule has 0 atom stereocenters. The van der Waals surface area contributed by atoms with E-state index in [0.717, 1.165) is 4.88 Å². The predicted molar refractivity (Wildman–Crippen MR) is 40.1 cm³/mol. The van der Waals surface area contributed by atoms with Crippen LogP contribution in [0.4, 0.5) is 0 Å². The number of hydrogen-bond donors (Lipinski definition) is 2. The zero-order valence-corrected chi connectivity index (χ0v) is 6.11. The molecule has 0 aromatic carbocycles. The van der Waals surface area contributed by atoms with Gasteiger partial charge in [-0.2, -0.15) is 5.26 Å². The minimum atomic E-state index is 0.631. The average molecular weight is 153 g/mol. The second-order valence-electron chi connectivity index (χ2n) is 1.79. The number of hydrazine groups is 1. The summed E-state index contributed by atoms with van der Waals surface area (Å²) in [5, 5.41) is 10.2. The van der Waals surface area contributed by atoms with Crippen molar-refractivity contribution in [3.05, 3.63) is 21.9 Å². The first-order valence-electron chi connectivity index (χ1n) is 2.78. The van der Waals surface area contributed by atoms with Gasteiger partial charge in [-0.25, -0.2) is 0 Å². The average Bonchev–Trinajstić information content (AvgIpc) is 2.37. The lowest BCUT2D eigenvalue weighted by molar-refractivity contribution is 0.751. The van der Waals surface area contributed by atoms with Crippen molar-refractivity contribution in [2.75, 3.05) is 0 Å². The van der Waals surface area contributed by atoms with E-state index in [0.29, 0.717) is 12.1 Å². The van der Waals surface area contributed by atoms with Gasteiger partial charge in [0.15, 0.2) is 0 Å². The Kier molecular flexibility index (Phi) is 2.40. The van der Waals surface area contributed by atoms with Gasteiger partial charge >= 0.3 is 0 Å². The fraction of sp³-hybridized carbons (Fsp3) is 0.167. The van der Waals surface area contributed by atoms with E-state index in [9.17, 15) is 0 Å². The van der Waals surface area contributed by atoms with Gasteiger partial charge in [-0.05, 0) is 6.07 Å². The highest BCUT2D eigenvalue weighted by Gasteiger charge is 1.95. The molecule has 0 saturated heterocycles. The molecule has 0 radical (unpaired) electrons. The standard InChI is InChI=1S/C6H7N3S/c7-2-5-1-6(3-9-8)10-4-5/h1,4,9H,3,8H2. The number of hydrogen-bond acceptors (Lipinski definition) is 4. The van der Waals surface area contributed by atoms with E-state index in [4.69, 9.17) is 11.1 Å². The molecular formula is C6H7N3S. The molecule has 1 heterocycles. The SMILES string of the molecule is N#Cc1csc(CNN)c1. The van der Waals surface area contributed by atoms with Crippen molar-refractivity contribution in [2.45, 2.75) is 6.54 Å². The normalized spacial score (nSPS) is 9.20. The summed E-state index contributed by atoms with van der Waals surface area (Å²) in [6.07, 6.45) is 0. The Morgan fingerprint density at radius 3 is 3.10 bits per heavy atom. The third-order valence-electron chi connectivity index (χ3n) is 1.06. The largest absolute Gasteiger partial charge is 0.271 e. The van der Waals surface area contributed by atoms with Crippen molar-refractivity contribution in [3.63, 3.8) is 0 Å². The molecule has 0 aliphatic rings. The van der Waals surface area contributed by atoms with Crippen LogP contribution in [-0.2, 0) is 6.54 Å². The van der Waals surface area contributed by atoms with Gasteiger partial charge in [0, 0.05) is 16.8 Å². The van der Waals surface area contributed by atoms with E-state index < -0.39 is 0 Å². The Hall–Kier alpha value is -0.890. The van der Waals surface area contributed by atoms with Gasteiger partial charge in [-0.15, -0.1) is 11.3 Å². The fourth-order valence-electron chi connectivity index (χ4n) is 0.633. The lowest BCUT2D eigenvalue weighted by Crippen LogP contribution is -2.19. The summed E-state index contributed by atoms with van der Waals surface area (Å²) in [5.74, 6) is 5.09. The predicted octanol–water partition coefficient (Wildman–Crippen LogP) is 0.583. The first-order valence-corrected chi connectivity index (χ1v) is 3.65. The van der Waals surface area contributed by atoms with Crippen LogP contribution in [0.1, 0.15) is 10.4 Å². The van der Waals surface area contributed by atoms with Crippen molar-refractivity contribution in [2.24, 2.45) is 5.84 Å². The number of rotatable bonds is 2. The Bertz CT molecular complexity index is 248. The molecular weight excluding hydrogens is 146 g/mol.